The molecular formula is C29H36FN3O2. The van der Waals surface area contributed by atoms with Crippen LogP contribution in [-0.2, 0) is 17.9 Å². The molecule has 0 bridgehead atoms. The van der Waals surface area contributed by atoms with Crippen molar-refractivity contribution >= 4 is 11.8 Å². The monoisotopic (exact) mass is 477 g/mol. The Morgan fingerprint density at radius 1 is 1.03 bits per heavy atom. The third-order valence-corrected chi connectivity index (χ3v) is 6.13. The van der Waals surface area contributed by atoms with Crippen molar-refractivity contribution < 1.29 is 14.0 Å². The van der Waals surface area contributed by atoms with E-state index < -0.39 is 5.82 Å². The molecule has 0 aliphatic heterocycles. The number of hydrogen-bond acceptors (Lipinski definition) is 2. The first kappa shape index (κ1) is 26.2. The number of benzene rings is 2. The van der Waals surface area contributed by atoms with Gasteiger partial charge in [-0.05, 0) is 69.2 Å². The summed E-state index contributed by atoms with van der Waals surface area (Å²) in [6.07, 6.45) is 3.90. The van der Waals surface area contributed by atoms with Gasteiger partial charge in [-0.15, -0.1) is 0 Å². The average Bonchev–Trinajstić information content (AvgIpc) is 3.26. The smallest absolute Gasteiger partial charge is 0.254 e. The molecule has 2 amide bonds. The van der Waals surface area contributed by atoms with Gasteiger partial charge in [-0.2, -0.15) is 0 Å². The third-order valence-electron chi connectivity index (χ3n) is 6.13. The van der Waals surface area contributed by atoms with Gasteiger partial charge in [-0.1, -0.05) is 43.2 Å². The molecule has 186 valence electrons. The Balaban J connectivity index is 1.76. The van der Waals surface area contributed by atoms with Gasteiger partial charge >= 0.3 is 0 Å². The Labute approximate surface area is 208 Å². The third kappa shape index (κ3) is 7.28. The van der Waals surface area contributed by atoms with E-state index in [2.05, 4.69) is 42.7 Å². The lowest BCUT2D eigenvalue weighted by Gasteiger charge is -2.30. The van der Waals surface area contributed by atoms with Gasteiger partial charge in [0.1, 0.15) is 12.4 Å². The zero-order valence-corrected chi connectivity index (χ0v) is 21.2. The lowest BCUT2D eigenvalue weighted by Crippen LogP contribution is -2.46. The lowest BCUT2D eigenvalue weighted by molar-refractivity contribution is -0.133. The Morgan fingerprint density at radius 3 is 2.43 bits per heavy atom. The zero-order chi connectivity index (χ0) is 25.4. The molecule has 0 aliphatic rings. The van der Waals surface area contributed by atoms with Crippen molar-refractivity contribution in [2.45, 2.75) is 59.7 Å². The van der Waals surface area contributed by atoms with E-state index in [1.807, 2.05) is 37.1 Å². The second-order valence-corrected chi connectivity index (χ2v) is 9.32. The fraction of sp³-hybridized carbons (Fsp3) is 0.379. The number of rotatable bonds is 11. The van der Waals surface area contributed by atoms with Crippen molar-refractivity contribution in [3.05, 3.63) is 95.1 Å². The van der Waals surface area contributed by atoms with E-state index in [1.165, 1.54) is 35.4 Å². The van der Waals surface area contributed by atoms with Crippen LogP contribution in [-0.4, -0.2) is 45.3 Å². The fourth-order valence-electron chi connectivity index (χ4n) is 4.08. The summed E-state index contributed by atoms with van der Waals surface area (Å²) in [5.41, 5.74) is 3.86. The summed E-state index contributed by atoms with van der Waals surface area (Å²) < 4.78 is 15.5. The minimum atomic E-state index is -0.395. The van der Waals surface area contributed by atoms with Gasteiger partial charge in [0.2, 0.25) is 5.91 Å². The van der Waals surface area contributed by atoms with Crippen LogP contribution < -0.4 is 0 Å². The second kappa shape index (κ2) is 12.3. The largest absolute Gasteiger partial charge is 0.345 e. The summed E-state index contributed by atoms with van der Waals surface area (Å²) in [4.78, 5) is 30.0. The number of halogens is 1. The van der Waals surface area contributed by atoms with Crippen LogP contribution in [0.1, 0.15) is 60.8 Å². The molecule has 3 aromatic rings. The molecule has 0 fully saturated rings. The van der Waals surface area contributed by atoms with Crippen molar-refractivity contribution in [3.8, 4) is 0 Å². The van der Waals surface area contributed by atoms with E-state index in [-0.39, 0.29) is 24.4 Å². The highest BCUT2D eigenvalue weighted by molar-refractivity contribution is 5.96. The summed E-state index contributed by atoms with van der Waals surface area (Å²) in [6.45, 7) is 9.78. The van der Waals surface area contributed by atoms with E-state index in [4.69, 9.17) is 0 Å². The maximum absolute atomic E-state index is 13.5. The molecule has 0 aliphatic carbocycles. The van der Waals surface area contributed by atoms with E-state index >= 15 is 0 Å². The quantitative estimate of drug-likeness (QED) is 0.358. The Hall–Kier alpha value is -3.41. The molecular weight excluding hydrogens is 441 g/mol. The molecule has 0 N–H and O–H groups in total. The maximum Gasteiger partial charge on any atom is 0.254 e. The summed E-state index contributed by atoms with van der Waals surface area (Å²) in [5.74, 6) is -0.759. The molecule has 0 radical (unpaired) electrons. The normalized spacial score (nSPS) is 11.0. The van der Waals surface area contributed by atoms with Crippen LogP contribution in [0.4, 0.5) is 4.39 Å². The van der Waals surface area contributed by atoms with Gasteiger partial charge in [0.25, 0.3) is 5.91 Å². The molecule has 5 nitrogen and oxygen atoms in total. The molecule has 0 unspecified atom stereocenters. The van der Waals surface area contributed by atoms with Gasteiger partial charge < -0.3 is 14.4 Å². The standard InChI is InChI=1S/C29H36FN3O2/c1-5-6-16-32(20-27-11-8-17-31(27)19-24-10-7-9-23(4)18-24)28(34)21-33(22(2)3)29(35)25-12-14-26(30)15-13-25/h7-15,17-18,22H,5-6,16,19-21H2,1-4H3. The van der Waals surface area contributed by atoms with Crippen LogP contribution in [0.15, 0.2) is 66.9 Å². The first-order valence-corrected chi connectivity index (χ1v) is 12.3. The van der Waals surface area contributed by atoms with Crippen molar-refractivity contribution in [1.29, 1.82) is 0 Å². The molecule has 2 aromatic carbocycles. The predicted molar refractivity (Wildman–Crippen MR) is 138 cm³/mol. The highest BCUT2D eigenvalue weighted by Gasteiger charge is 2.25. The van der Waals surface area contributed by atoms with Gasteiger partial charge in [-0.3, -0.25) is 9.59 Å². The first-order chi connectivity index (χ1) is 16.8. The van der Waals surface area contributed by atoms with E-state index in [0.29, 0.717) is 18.7 Å². The minimum absolute atomic E-state index is 0.0177. The number of unbranched alkanes of at least 4 members (excludes halogenated alkanes) is 1. The Bertz CT molecular complexity index is 1120. The number of hydrogen-bond donors (Lipinski definition) is 0. The second-order valence-electron chi connectivity index (χ2n) is 9.32. The van der Waals surface area contributed by atoms with E-state index in [0.717, 1.165) is 25.1 Å². The van der Waals surface area contributed by atoms with Crippen LogP contribution in [0.25, 0.3) is 0 Å². The fourth-order valence-corrected chi connectivity index (χ4v) is 4.08. The summed E-state index contributed by atoms with van der Waals surface area (Å²) in [7, 11) is 0. The SMILES string of the molecule is CCCCN(Cc1cccn1Cc1cccc(C)c1)C(=O)CN(C(=O)c1ccc(F)cc1)C(C)C. The zero-order valence-electron chi connectivity index (χ0n) is 21.2. The van der Waals surface area contributed by atoms with Crippen LogP contribution in [0.3, 0.4) is 0 Å². The number of aryl methyl sites for hydroxylation is 1. The first-order valence-electron chi connectivity index (χ1n) is 12.3. The molecule has 6 heteroatoms. The number of aromatic nitrogens is 1. The van der Waals surface area contributed by atoms with Crippen molar-refractivity contribution in [2.24, 2.45) is 0 Å². The highest BCUT2D eigenvalue weighted by atomic mass is 19.1. The molecule has 0 saturated heterocycles. The van der Waals surface area contributed by atoms with Crippen LogP contribution in [0.2, 0.25) is 0 Å². The van der Waals surface area contributed by atoms with Gasteiger partial charge in [-0.25, -0.2) is 4.39 Å². The van der Waals surface area contributed by atoms with Gasteiger partial charge in [0.05, 0.1) is 6.54 Å². The van der Waals surface area contributed by atoms with E-state index in [1.54, 1.807) is 4.90 Å². The highest BCUT2D eigenvalue weighted by Crippen LogP contribution is 2.15. The molecule has 35 heavy (non-hydrogen) atoms. The number of amides is 2. The molecule has 1 aromatic heterocycles. The Morgan fingerprint density at radius 2 is 1.77 bits per heavy atom. The summed E-state index contributed by atoms with van der Waals surface area (Å²) in [5, 5.41) is 0. The van der Waals surface area contributed by atoms with E-state index in [9.17, 15) is 14.0 Å². The van der Waals surface area contributed by atoms with Crippen LogP contribution in [0, 0.1) is 12.7 Å². The van der Waals surface area contributed by atoms with Crippen molar-refractivity contribution in [1.82, 2.24) is 14.4 Å². The summed E-state index contributed by atoms with van der Waals surface area (Å²) >= 11 is 0. The predicted octanol–water partition coefficient (Wildman–Crippen LogP) is 5.66. The number of carbonyl (C=O) groups is 2. The van der Waals surface area contributed by atoms with Gasteiger partial charge in [0, 0.05) is 36.6 Å². The van der Waals surface area contributed by atoms with Crippen molar-refractivity contribution in [2.75, 3.05) is 13.1 Å². The van der Waals surface area contributed by atoms with Crippen LogP contribution >= 0.6 is 0 Å². The topological polar surface area (TPSA) is 45.6 Å². The molecule has 3 rings (SSSR count). The molecule has 0 saturated carbocycles. The summed E-state index contributed by atoms with van der Waals surface area (Å²) in [6, 6.07) is 17.8. The molecule has 0 spiro atoms. The van der Waals surface area contributed by atoms with Crippen molar-refractivity contribution in [3.63, 3.8) is 0 Å². The lowest BCUT2D eigenvalue weighted by atomic mass is 10.1. The molecule has 0 atom stereocenters. The maximum atomic E-state index is 13.5. The number of carbonyl (C=O) groups excluding carboxylic acids is 2. The Kier molecular flexibility index (Phi) is 9.24. The number of nitrogens with zero attached hydrogens (tertiary/aromatic N) is 3. The average molecular weight is 478 g/mol. The molecule has 1 heterocycles. The minimum Gasteiger partial charge on any atom is -0.345 e. The van der Waals surface area contributed by atoms with Gasteiger partial charge in [0.15, 0.2) is 0 Å². The van der Waals surface area contributed by atoms with Crippen LogP contribution in [0.5, 0.6) is 0 Å².